The third-order valence-corrected chi connectivity index (χ3v) is 4.84. The molecular formula is C17H16ClN3O3S. The van der Waals surface area contributed by atoms with Crippen molar-refractivity contribution in [3.8, 4) is 0 Å². The van der Waals surface area contributed by atoms with Gasteiger partial charge in [0.1, 0.15) is 0 Å². The van der Waals surface area contributed by atoms with Crippen molar-refractivity contribution in [1.29, 1.82) is 0 Å². The summed E-state index contributed by atoms with van der Waals surface area (Å²) in [6.07, 6.45) is 1.29. The van der Waals surface area contributed by atoms with Gasteiger partial charge in [0.2, 0.25) is 0 Å². The SMILES string of the molecule is CC(SCc1ccccc1)C(=O)N/N=C/c1cc([N+](=O)[O-])ccc1Cl. The van der Waals surface area contributed by atoms with Crippen molar-refractivity contribution in [2.45, 2.75) is 17.9 Å². The molecule has 2 rings (SSSR count). The van der Waals surface area contributed by atoms with Crippen molar-refractivity contribution in [3.63, 3.8) is 0 Å². The zero-order chi connectivity index (χ0) is 18.2. The van der Waals surface area contributed by atoms with Crippen LogP contribution in [0.2, 0.25) is 5.02 Å². The molecule has 1 amide bonds. The quantitative estimate of drug-likeness (QED) is 0.448. The van der Waals surface area contributed by atoms with E-state index in [-0.39, 0.29) is 16.8 Å². The molecule has 0 fully saturated rings. The minimum absolute atomic E-state index is 0.0936. The number of thioether (sulfide) groups is 1. The maximum Gasteiger partial charge on any atom is 0.270 e. The highest BCUT2D eigenvalue weighted by atomic mass is 35.5. The maximum atomic E-state index is 12.0. The molecule has 0 saturated carbocycles. The summed E-state index contributed by atoms with van der Waals surface area (Å²) in [4.78, 5) is 22.3. The van der Waals surface area contributed by atoms with Crippen LogP contribution in [0.4, 0.5) is 5.69 Å². The zero-order valence-corrected chi connectivity index (χ0v) is 15.0. The number of carbonyl (C=O) groups is 1. The average Bonchev–Trinajstić information content (AvgIpc) is 2.61. The van der Waals surface area contributed by atoms with Crippen LogP contribution in [-0.2, 0) is 10.5 Å². The molecule has 130 valence electrons. The van der Waals surface area contributed by atoms with Crippen molar-refractivity contribution in [2.24, 2.45) is 5.10 Å². The summed E-state index contributed by atoms with van der Waals surface area (Å²) in [6.45, 7) is 1.79. The Hall–Kier alpha value is -2.38. The third kappa shape index (κ3) is 5.88. The normalized spacial score (nSPS) is 12.1. The largest absolute Gasteiger partial charge is 0.272 e. The van der Waals surface area contributed by atoms with Crippen molar-refractivity contribution in [1.82, 2.24) is 5.43 Å². The summed E-state index contributed by atoms with van der Waals surface area (Å²) >= 11 is 7.46. The van der Waals surface area contributed by atoms with Gasteiger partial charge in [-0.2, -0.15) is 5.10 Å². The van der Waals surface area contributed by atoms with Crippen LogP contribution in [0.25, 0.3) is 0 Å². The highest BCUT2D eigenvalue weighted by Crippen LogP contribution is 2.20. The van der Waals surface area contributed by atoms with Gasteiger partial charge in [0, 0.05) is 28.5 Å². The Kier molecular flexibility index (Phi) is 6.97. The van der Waals surface area contributed by atoms with E-state index in [9.17, 15) is 14.9 Å². The molecule has 1 unspecified atom stereocenters. The highest BCUT2D eigenvalue weighted by molar-refractivity contribution is 7.99. The van der Waals surface area contributed by atoms with Crippen LogP contribution in [0.1, 0.15) is 18.1 Å². The van der Waals surface area contributed by atoms with E-state index in [1.54, 1.807) is 6.92 Å². The van der Waals surface area contributed by atoms with E-state index < -0.39 is 4.92 Å². The summed E-state index contributed by atoms with van der Waals surface area (Å²) in [5.41, 5.74) is 3.83. The predicted molar refractivity (Wildman–Crippen MR) is 101 cm³/mol. The van der Waals surface area contributed by atoms with Gasteiger partial charge in [-0.3, -0.25) is 14.9 Å². The molecular weight excluding hydrogens is 362 g/mol. The van der Waals surface area contributed by atoms with E-state index in [1.807, 2.05) is 30.3 Å². The molecule has 0 radical (unpaired) electrons. The number of benzene rings is 2. The molecule has 0 aliphatic rings. The molecule has 6 nitrogen and oxygen atoms in total. The number of hydrogen-bond donors (Lipinski definition) is 1. The molecule has 0 aromatic heterocycles. The topological polar surface area (TPSA) is 84.6 Å². The van der Waals surface area contributed by atoms with E-state index in [0.717, 1.165) is 11.3 Å². The molecule has 0 bridgehead atoms. The molecule has 8 heteroatoms. The maximum absolute atomic E-state index is 12.0. The Morgan fingerprint density at radius 2 is 2.08 bits per heavy atom. The number of rotatable bonds is 7. The first kappa shape index (κ1) is 19.0. The van der Waals surface area contributed by atoms with Gasteiger partial charge in [0.25, 0.3) is 11.6 Å². The first-order chi connectivity index (χ1) is 12.0. The lowest BCUT2D eigenvalue weighted by Gasteiger charge is -2.09. The van der Waals surface area contributed by atoms with Crippen LogP contribution >= 0.6 is 23.4 Å². The van der Waals surface area contributed by atoms with Gasteiger partial charge < -0.3 is 0 Å². The lowest BCUT2D eigenvalue weighted by molar-refractivity contribution is -0.384. The van der Waals surface area contributed by atoms with Crippen molar-refractivity contribution < 1.29 is 9.72 Å². The Morgan fingerprint density at radius 1 is 1.36 bits per heavy atom. The lowest BCUT2D eigenvalue weighted by atomic mass is 10.2. The Morgan fingerprint density at radius 3 is 2.76 bits per heavy atom. The second kappa shape index (κ2) is 9.19. The molecule has 2 aromatic carbocycles. The highest BCUT2D eigenvalue weighted by Gasteiger charge is 2.13. The summed E-state index contributed by atoms with van der Waals surface area (Å²) < 4.78 is 0. The molecule has 0 spiro atoms. The molecule has 0 saturated heterocycles. The summed E-state index contributed by atoms with van der Waals surface area (Å²) in [5, 5.41) is 14.6. The fourth-order valence-corrected chi connectivity index (χ4v) is 2.88. The number of nitro benzene ring substituents is 1. The molecule has 0 heterocycles. The number of halogens is 1. The van der Waals surface area contributed by atoms with E-state index in [4.69, 9.17) is 11.6 Å². The van der Waals surface area contributed by atoms with Crippen LogP contribution in [0, 0.1) is 10.1 Å². The number of carbonyl (C=O) groups excluding carboxylic acids is 1. The Bertz CT molecular complexity index is 784. The lowest BCUT2D eigenvalue weighted by Crippen LogP contribution is -2.27. The smallest absolute Gasteiger partial charge is 0.270 e. The number of hydrazone groups is 1. The van der Waals surface area contributed by atoms with Crippen molar-refractivity contribution in [3.05, 3.63) is 74.8 Å². The zero-order valence-electron chi connectivity index (χ0n) is 13.4. The second-order valence-electron chi connectivity index (χ2n) is 5.14. The minimum Gasteiger partial charge on any atom is -0.272 e. The number of nitrogens with one attached hydrogen (secondary N) is 1. The second-order valence-corrected chi connectivity index (χ2v) is 6.87. The Labute approximate surface area is 154 Å². The van der Waals surface area contributed by atoms with E-state index in [1.165, 1.54) is 36.2 Å². The number of nitrogens with zero attached hydrogens (tertiary/aromatic N) is 2. The average molecular weight is 378 g/mol. The monoisotopic (exact) mass is 377 g/mol. The first-order valence-corrected chi connectivity index (χ1v) is 8.82. The van der Waals surface area contributed by atoms with Gasteiger partial charge in [0.05, 0.1) is 16.4 Å². The van der Waals surface area contributed by atoms with Crippen LogP contribution < -0.4 is 5.43 Å². The van der Waals surface area contributed by atoms with Crippen molar-refractivity contribution >= 4 is 41.2 Å². The van der Waals surface area contributed by atoms with Gasteiger partial charge in [0.15, 0.2) is 0 Å². The molecule has 2 aromatic rings. The molecule has 1 N–H and O–H groups in total. The number of amides is 1. The van der Waals surface area contributed by atoms with Gasteiger partial charge in [-0.05, 0) is 18.6 Å². The van der Waals surface area contributed by atoms with Crippen LogP contribution in [-0.4, -0.2) is 22.3 Å². The molecule has 25 heavy (non-hydrogen) atoms. The van der Waals surface area contributed by atoms with Crippen molar-refractivity contribution in [2.75, 3.05) is 0 Å². The number of non-ortho nitro benzene ring substituents is 1. The van der Waals surface area contributed by atoms with Gasteiger partial charge in [-0.25, -0.2) is 5.43 Å². The molecule has 0 aliphatic heterocycles. The first-order valence-electron chi connectivity index (χ1n) is 7.40. The fraction of sp³-hybridized carbons (Fsp3) is 0.176. The van der Waals surface area contributed by atoms with E-state index in [0.29, 0.717) is 10.6 Å². The van der Waals surface area contributed by atoms with E-state index in [2.05, 4.69) is 10.5 Å². The fourth-order valence-electron chi connectivity index (χ4n) is 1.87. The minimum atomic E-state index is -0.519. The number of nitro groups is 1. The summed E-state index contributed by atoms with van der Waals surface area (Å²) in [6, 6.07) is 13.9. The van der Waals surface area contributed by atoms with Gasteiger partial charge >= 0.3 is 0 Å². The summed E-state index contributed by atoms with van der Waals surface area (Å²) in [5.74, 6) is 0.467. The Balaban J connectivity index is 1.89. The number of hydrogen-bond acceptors (Lipinski definition) is 5. The molecule has 1 atom stereocenters. The molecule has 0 aliphatic carbocycles. The third-order valence-electron chi connectivity index (χ3n) is 3.28. The van der Waals surface area contributed by atoms with Gasteiger partial charge in [-0.1, -0.05) is 41.9 Å². The van der Waals surface area contributed by atoms with Crippen LogP contribution in [0.15, 0.2) is 53.6 Å². The summed E-state index contributed by atoms with van der Waals surface area (Å²) in [7, 11) is 0. The van der Waals surface area contributed by atoms with Crippen LogP contribution in [0.5, 0.6) is 0 Å². The van der Waals surface area contributed by atoms with Crippen LogP contribution in [0.3, 0.4) is 0 Å². The van der Waals surface area contributed by atoms with E-state index >= 15 is 0 Å². The standard InChI is InChI=1S/C17H16ClN3O3S/c1-12(25-11-13-5-3-2-4-6-13)17(22)20-19-10-14-9-15(21(23)24)7-8-16(14)18/h2-10,12H,11H2,1H3,(H,20,22)/b19-10+. The predicted octanol–water partition coefficient (Wildman–Crippen LogP) is 4.02. The van der Waals surface area contributed by atoms with Gasteiger partial charge in [-0.15, -0.1) is 11.8 Å².